The number of aromatic nitrogens is 1. The van der Waals surface area contributed by atoms with Gasteiger partial charge in [-0.2, -0.15) is 0 Å². The number of amides is 1. The highest BCUT2D eigenvalue weighted by atomic mass is 35.5. The minimum Gasteiger partial charge on any atom is -0.298 e. The van der Waals surface area contributed by atoms with E-state index in [4.69, 9.17) is 34.8 Å². The molecule has 0 aliphatic carbocycles. The zero-order valence-electron chi connectivity index (χ0n) is 13.4. The molecule has 0 radical (unpaired) electrons. The molecule has 1 N–H and O–H groups in total. The molecule has 0 fully saturated rings. The molecule has 132 valence electrons. The molecule has 1 heterocycles. The van der Waals surface area contributed by atoms with Crippen molar-refractivity contribution in [2.24, 2.45) is 0 Å². The van der Waals surface area contributed by atoms with Crippen molar-refractivity contribution in [1.82, 2.24) is 4.98 Å². The summed E-state index contributed by atoms with van der Waals surface area (Å²) in [5, 5.41) is 4.85. The Bertz CT molecular complexity index is 952. The van der Waals surface area contributed by atoms with Crippen LogP contribution < -0.4 is 5.32 Å². The summed E-state index contributed by atoms with van der Waals surface area (Å²) in [6.45, 7) is 0. The highest BCUT2D eigenvalue weighted by molar-refractivity contribution is 7.15. The molecule has 0 bridgehead atoms. The van der Waals surface area contributed by atoms with E-state index in [1.165, 1.54) is 17.4 Å². The highest BCUT2D eigenvalue weighted by Gasteiger charge is 2.06. The van der Waals surface area contributed by atoms with E-state index in [-0.39, 0.29) is 5.91 Å². The average Bonchev–Trinajstić information content (AvgIpc) is 3.05. The third-order valence-corrected chi connectivity index (χ3v) is 5.47. The molecule has 26 heavy (non-hydrogen) atoms. The van der Waals surface area contributed by atoms with E-state index in [2.05, 4.69) is 10.3 Å². The van der Waals surface area contributed by atoms with Gasteiger partial charge in [0.2, 0.25) is 5.91 Å². The molecular formula is C19H13Cl3N2OS. The number of benzene rings is 2. The van der Waals surface area contributed by atoms with Gasteiger partial charge in [0.15, 0.2) is 5.13 Å². The summed E-state index contributed by atoms with van der Waals surface area (Å²) in [4.78, 5) is 17.3. The second-order valence-electron chi connectivity index (χ2n) is 5.40. The van der Waals surface area contributed by atoms with Crippen LogP contribution in [0.1, 0.15) is 16.0 Å². The summed E-state index contributed by atoms with van der Waals surface area (Å²) in [6, 6.07) is 12.9. The van der Waals surface area contributed by atoms with Gasteiger partial charge < -0.3 is 0 Å². The number of carbonyl (C=O) groups is 1. The molecule has 7 heteroatoms. The molecule has 3 aromatic rings. The predicted molar refractivity (Wildman–Crippen MR) is 110 cm³/mol. The van der Waals surface area contributed by atoms with Crippen molar-refractivity contribution in [2.45, 2.75) is 6.42 Å². The van der Waals surface area contributed by atoms with Gasteiger partial charge in [-0.1, -0.05) is 59.1 Å². The van der Waals surface area contributed by atoms with Crippen LogP contribution >= 0.6 is 46.1 Å². The number of rotatable bonds is 5. The minimum absolute atomic E-state index is 0.284. The molecule has 1 aromatic heterocycles. The van der Waals surface area contributed by atoms with Crippen molar-refractivity contribution in [1.29, 1.82) is 0 Å². The number of hydrogen-bond acceptors (Lipinski definition) is 3. The molecule has 0 atom stereocenters. The normalized spacial score (nSPS) is 11.0. The van der Waals surface area contributed by atoms with Gasteiger partial charge >= 0.3 is 0 Å². The van der Waals surface area contributed by atoms with Crippen molar-refractivity contribution >= 4 is 63.3 Å². The third kappa shape index (κ3) is 5.08. The lowest BCUT2D eigenvalue weighted by Crippen LogP contribution is -2.07. The zero-order valence-corrected chi connectivity index (χ0v) is 16.5. The number of hydrogen-bond donors (Lipinski definition) is 1. The number of nitrogens with zero attached hydrogens (tertiary/aromatic N) is 1. The molecule has 1 amide bonds. The second kappa shape index (κ2) is 8.69. The molecule has 3 rings (SSSR count). The van der Waals surface area contributed by atoms with E-state index in [0.717, 1.165) is 16.9 Å². The van der Waals surface area contributed by atoms with Gasteiger partial charge in [0.1, 0.15) is 0 Å². The minimum atomic E-state index is -0.284. The maximum Gasteiger partial charge on any atom is 0.250 e. The Hall–Kier alpha value is -1.85. The zero-order chi connectivity index (χ0) is 18.5. The predicted octanol–water partition coefficient (Wildman–Crippen LogP) is 6.35. The van der Waals surface area contributed by atoms with E-state index in [1.807, 2.05) is 24.3 Å². The molecule has 0 aliphatic rings. The van der Waals surface area contributed by atoms with Crippen molar-refractivity contribution in [3.05, 3.63) is 85.8 Å². The highest BCUT2D eigenvalue weighted by Crippen LogP contribution is 2.26. The molecule has 2 aromatic carbocycles. The van der Waals surface area contributed by atoms with Crippen LogP contribution in [0.25, 0.3) is 6.08 Å². The molecule has 0 saturated heterocycles. The molecule has 0 unspecified atom stereocenters. The van der Waals surface area contributed by atoms with Crippen LogP contribution in [0, 0.1) is 0 Å². The van der Waals surface area contributed by atoms with Crippen LogP contribution in [0.15, 0.2) is 54.7 Å². The Kier molecular flexibility index (Phi) is 6.33. The van der Waals surface area contributed by atoms with Crippen LogP contribution in [0.3, 0.4) is 0 Å². The van der Waals surface area contributed by atoms with Gasteiger partial charge in [-0.3, -0.25) is 10.1 Å². The van der Waals surface area contributed by atoms with Crippen LogP contribution in [-0.4, -0.2) is 10.9 Å². The summed E-state index contributed by atoms with van der Waals surface area (Å²) in [7, 11) is 0. The fourth-order valence-corrected chi connectivity index (χ4v) is 3.56. The lowest BCUT2D eigenvalue weighted by atomic mass is 10.1. The Morgan fingerprint density at radius 3 is 2.65 bits per heavy atom. The number of nitrogens with one attached hydrogen (secondary N) is 1. The SMILES string of the molecule is O=C(/C=C/c1cccc(Cl)c1Cl)Nc1ncc(Cc2ccc(Cl)cc2)s1. The maximum absolute atomic E-state index is 12.1. The molecule has 0 aliphatic heterocycles. The Morgan fingerprint density at radius 1 is 1.12 bits per heavy atom. The fourth-order valence-electron chi connectivity index (χ4n) is 2.21. The van der Waals surface area contributed by atoms with Gasteiger partial charge in [0.25, 0.3) is 0 Å². The van der Waals surface area contributed by atoms with Gasteiger partial charge in [0.05, 0.1) is 10.0 Å². The van der Waals surface area contributed by atoms with E-state index in [9.17, 15) is 4.79 Å². The first-order valence-corrected chi connectivity index (χ1v) is 9.58. The smallest absolute Gasteiger partial charge is 0.250 e. The van der Waals surface area contributed by atoms with Crippen molar-refractivity contribution < 1.29 is 4.79 Å². The Morgan fingerprint density at radius 2 is 1.88 bits per heavy atom. The van der Waals surface area contributed by atoms with Crippen LogP contribution in [0.2, 0.25) is 15.1 Å². The monoisotopic (exact) mass is 422 g/mol. The third-order valence-electron chi connectivity index (χ3n) is 3.47. The average molecular weight is 424 g/mol. The summed E-state index contributed by atoms with van der Waals surface area (Å²) in [5.41, 5.74) is 1.81. The van der Waals surface area contributed by atoms with E-state index in [1.54, 1.807) is 30.5 Å². The first kappa shape index (κ1) is 18.9. The maximum atomic E-state index is 12.1. The van der Waals surface area contributed by atoms with Crippen molar-refractivity contribution in [3.8, 4) is 0 Å². The van der Waals surface area contributed by atoms with Gasteiger partial charge in [-0.15, -0.1) is 11.3 Å². The second-order valence-corrected chi connectivity index (χ2v) is 7.74. The van der Waals surface area contributed by atoms with Crippen LogP contribution in [-0.2, 0) is 11.2 Å². The number of carbonyl (C=O) groups excluding carboxylic acids is 1. The fraction of sp³-hybridized carbons (Fsp3) is 0.0526. The van der Waals surface area contributed by atoms with E-state index >= 15 is 0 Å². The lowest BCUT2D eigenvalue weighted by molar-refractivity contribution is -0.111. The Labute approximate surface area is 170 Å². The lowest BCUT2D eigenvalue weighted by Gasteiger charge is -2.00. The standard InChI is InChI=1S/C19H13Cl3N2OS/c20-14-7-4-12(5-8-14)10-15-11-23-19(26-15)24-17(25)9-6-13-2-1-3-16(21)18(13)22/h1-9,11H,10H2,(H,23,24,25)/b9-6+. The first-order chi connectivity index (χ1) is 12.5. The quantitative estimate of drug-likeness (QED) is 0.486. The molecule has 0 saturated carbocycles. The number of anilines is 1. The number of thiazole rings is 1. The van der Waals surface area contributed by atoms with E-state index < -0.39 is 0 Å². The van der Waals surface area contributed by atoms with Crippen molar-refractivity contribution in [2.75, 3.05) is 5.32 Å². The summed E-state index contributed by atoms with van der Waals surface area (Å²) in [5.74, 6) is -0.284. The van der Waals surface area contributed by atoms with Crippen LogP contribution in [0.4, 0.5) is 5.13 Å². The number of halogens is 3. The summed E-state index contributed by atoms with van der Waals surface area (Å²) >= 11 is 19.4. The molecule has 3 nitrogen and oxygen atoms in total. The first-order valence-electron chi connectivity index (χ1n) is 7.63. The van der Waals surface area contributed by atoms with Gasteiger partial charge in [-0.25, -0.2) is 4.98 Å². The van der Waals surface area contributed by atoms with Crippen molar-refractivity contribution in [3.63, 3.8) is 0 Å². The molecule has 0 spiro atoms. The Balaban J connectivity index is 1.61. The summed E-state index contributed by atoms with van der Waals surface area (Å²) < 4.78 is 0. The van der Waals surface area contributed by atoms with Gasteiger partial charge in [-0.05, 0) is 35.4 Å². The summed E-state index contributed by atoms with van der Waals surface area (Å²) in [6.07, 6.45) is 5.51. The largest absolute Gasteiger partial charge is 0.298 e. The van der Waals surface area contributed by atoms with E-state index in [0.29, 0.717) is 25.8 Å². The topological polar surface area (TPSA) is 42.0 Å². The van der Waals surface area contributed by atoms with Gasteiger partial charge in [0, 0.05) is 28.6 Å². The molecular weight excluding hydrogens is 411 g/mol. The van der Waals surface area contributed by atoms with Crippen LogP contribution in [0.5, 0.6) is 0 Å².